The van der Waals surface area contributed by atoms with Crippen LogP contribution in [0.25, 0.3) is 5.57 Å². The molecule has 1 aliphatic carbocycles. The van der Waals surface area contributed by atoms with E-state index in [4.69, 9.17) is 9.88 Å². The lowest BCUT2D eigenvalue weighted by Gasteiger charge is -2.11. The molecule has 0 aliphatic heterocycles. The summed E-state index contributed by atoms with van der Waals surface area (Å²) in [6.07, 6.45) is 0.611. The van der Waals surface area contributed by atoms with Gasteiger partial charge in [-0.2, -0.15) is 0 Å². The molecule has 0 fully saturated rings. The highest BCUT2D eigenvalue weighted by Crippen LogP contribution is 2.37. The summed E-state index contributed by atoms with van der Waals surface area (Å²) < 4.78 is 41.3. The highest BCUT2D eigenvalue weighted by atomic mass is 32.2. The van der Waals surface area contributed by atoms with E-state index in [1.807, 2.05) is 6.92 Å². The third-order valence-corrected chi connectivity index (χ3v) is 5.06. The van der Waals surface area contributed by atoms with Gasteiger partial charge in [-0.05, 0) is 66.4 Å². The van der Waals surface area contributed by atoms with Crippen molar-refractivity contribution in [3.63, 3.8) is 0 Å². The highest BCUT2D eigenvalue weighted by Gasteiger charge is 2.26. The number of benzene rings is 2. The molecule has 2 aromatic rings. The van der Waals surface area contributed by atoms with Crippen LogP contribution < -0.4 is 9.88 Å². The van der Waals surface area contributed by atoms with Gasteiger partial charge in [-0.1, -0.05) is 18.2 Å². The standard InChI is InChI=1S/C19H16FNO4S/c1-11-9-13-3-4-14(20)10-17(13)18(11)12(2)19(22)25-15-5-7-16(8-6-15)26(21,23)24/h3-8,10H,2,9H2,1H3,(H2,21,23,24). The van der Waals surface area contributed by atoms with E-state index in [-0.39, 0.29) is 16.2 Å². The molecular weight excluding hydrogens is 357 g/mol. The summed E-state index contributed by atoms with van der Waals surface area (Å²) in [6, 6.07) is 9.58. The van der Waals surface area contributed by atoms with E-state index in [2.05, 4.69) is 6.58 Å². The van der Waals surface area contributed by atoms with E-state index >= 15 is 0 Å². The third-order valence-electron chi connectivity index (χ3n) is 4.13. The molecule has 1 aliphatic rings. The molecule has 0 amide bonds. The fraction of sp³-hybridized carbons (Fsp3) is 0.105. The van der Waals surface area contributed by atoms with Crippen molar-refractivity contribution in [2.24, 2.45) is 5.14 Å². The number of carbonyl (C=O) groups is 1. The van der Waals surface area contributed by atoms with Crippen LogP contribution in [0.4, 0.5) is 4.39 Å². The molecule has 3 rings (SSSR count). The molecule has 26 heavy (non-hydrogen) atoms. The summed E-state index contributed by atoms with van der Waals surface area (Å²) in [5.41, 5.74) is 3.14. The van der Waals surface area contributed by atoms with Crippen molar-refractivity contribution >= 4 is 21.6 Å². The maximum absolute atomic E-state index is 13.6. The van der Waals surface area contributed by atoms with Gasteiger partial charge >= 0.3 is 5.97 Å². The summed E-state index contributed by atoms with van der Waals surface area (Å²) in [4.78, 5) is 12.3. The highest BCUT2D eigenvalue weighted by molar-refractivity contribution is 7.89. The van der Waals surface area contributed by atoms with Crippen LogP contribution in [0.15, 0.2) is 65.1 Å². The van der Waals surface area contributed by atoms with Crippen LogP contribution in [0, 0.1) is 5.82 Å². The minimum absolute atomic E-state index is 0.0881. The molecule has 0 unspecified atom stereocenters. The predicted octanol–water partition coefficient (Wildman–Crippen LogP) is 2.96. The van der Waals surface area contributed by atoms with Gasteiger partial charge in [-0.15, -0.1) is 0 Å². The summed E-state index contributed by atoms with van der Waals surface area (Å²) in [5, 5.41) is 5.03. The summed E-state index contributed by atoms with van der Waals surface area (Å²) in [5.74, 6) is -0.935. The number of nitrogens with two attached hydrogens (primary N) is 1. The Morgan fingerprint density at radius 2 is 1.85 bits per heavy atom. The van der Waals surface area contributed by atoms with Crippen molar-refractivity contribution in [3.05, 3.63) is 77.1 Å². The smallest absolute Gasteiger partial charge is 0.343 e. The van der Waals surface area contributed by atoms with E-state index in [0.29, 0.717) is 17.6 Å². The number of sulfonamides is 1. The molecule has 2 N–H and O–H groups in total. The van der Waals surface area contributed by atoms with Gasteiger partial charge in [0, 0.05) is 0 Å². The van der Waals surface area contributed by atoms with Crippen molar-refractivity contribution in [2.45, 2.75) is 18.2 Å². The third kappa shape index (κ3) is 3.44. The Morgan fingerprint density at radius 1 is 1.19 bits per heavy atom. The minimum Gasteiger partial charge on any atom is -0.423 e. The van der Waals surface area contributed by atoms with Gasteiger partial charge in [-0.25, -0.2) is 22.7 Å². The van der Waals surface area contributed by atoms with E-state index < -0.39 is 21.8 Å². The summed E-state index contributed by atoms with van der Waals surface area (Å²) in [7, 11) is -3.82. The molecule has 0 saturated heterocycles. The Balaban J connectivity index is 1.82. The van der Waals surface area contributed by atoms with Gasteiger partial charge < -0.3 is 4.74 Å². The van der Waals surface area contributed by atoms with Crippen LogP contribution in [-0.4, -0.2) is 14.4 Å². The number of esters is 1. The molecule has 0 radical (unpaired) electrons. The van der Waals surface area contributed by atoms with Gasteiger partial charge in [0.05, 0.1) is 10.5 Å². The number of carbonyl (C=O) groups excluding carboxylic acids is 1. The molecule has 0 spiro atoms. The van der Waals surface area contributed by atoms with Crippen molar-refractivity contribution in [1.29, 1.82) is 0 Å². The van der Waals surface area contributed by atoms with Crippen LogP contribution in [0.2, 0.25) is 0 Å². The van der Waals surface area contributed by atoms with Gasteiger partial charge in [-0.3, -0.25) is 0 Å². The zero-order chi connectivity index (χ0) is 19.1. The topological polar surface area (TPSA) is 86.5 Å². The van der Waals surface area contributed by atoms with E-state index in [1.54, 1.807) is 6.07 Å². The maximum atomic E-state index is 13.6. The first-order valence-corrected chi connectivity index (χ1v) is 9.24. The number of hydrogen-bond acceptors (Lipinski definition) is 4. The number of primary sulfonamides is 1. The first-order valence-electron chi connectivity index (χ1n) is 7.69. The average molecular weight is 373 g/mol. The van der Waals surface area contributed by atoms with Gasteiger partial charge in [0.1, 0.15) is 11.6 Å². The fourth-order valence-corrected chi connectivity index (χ4v) is 3.44. The lowest BCUT2D eigenvalue weighted by Crippen LogP contribution is -2.13. The molecule has 0 saturated carbocycles. The molecule has 0 aromatic heterocycles. The Labute approximate surface area is 150 Å². The van der Waals surface area contributed by atoms with Crippen LogP contribution in [0.5, 0.6) is 5.75 Å². The number of hydrogen-bond donors (Lipinski definition) is 1. The van der Waals surface area contributed by atoms with Crippen molar-refractivity contribution in [2.75, 3.05) is 0 Å². The molecular formula is C19H16FNO4S. The average Bonchev–Trinajstić information content (AvgIpc) is 2.88. The molecule has 134 valence electrons. The Hall–Kier alpha value is -2.77. The second-order valence-electron chi connectivity index (χ2n) is 6.02. The van der Waals surface area contributed by atoms with Crippen LogP contribution >= 0.6 is 0 Å². The van der Waals surface area contributed by atoms with Gasteiger partial charge in [0.2, 0.25) is 10.0 Å². The summed E-state index contributed by atoms with van der Waals surface area (Å²) >= 11 is 0. The SMILES string of the molecule is C=C(C(=O)Oc1ccc(S(N)(=O)=O)cc1)C1=C(C)Cc2ccc(F)cc21. The first-order chi connectivity index (χ1) is 12.2. The normalized spacial score (nSPS) is 13.5. The van der Waals surface area contributed by atoms with Crippen molar-refractivity contribution in [1.82, 2.24) is 0 Å². The number of fused-ring (bicyclic) bond motifs is 1. The van der Waals surface area contributed by atoms with E-state index in [0.717, 1.165) is 11.1 Å². The van der Waals surface area contributed by atoms with Gasteiger partial charge in [0.15, 0.2) is 0 Å². The second-order valence-corrected chi connectivity index (χ2v) is 7.58. The van der Waals surface area contributed by atoms with Crippen LogP contribution in [0.1, 0.15) is 18.1 Å². The Bertz CT molecular complexity index is 1050. The molecule has 5 nitrogen and oxygen atoms in total. The second kappa shape index (κ2) is 6.51. The predicted molar refractivity (Wildman–Crippen MR) is 95.3 cm³/mol. The van der Waals surface area contributed by atoms with Gasteiger partial charge in [0.25, 0.3) is 0 Å². The monoisotopic (exact) mass is 373 g/mol. The van der Waals surface area contributed by atoms with Crippen molar-refractivity contribution in [3.8, 4) is 5.75 Å². The fourth-order valence-electron chi connectivity index (χ4n) is 2.93. The molecule has 0 bridgehead atoms. The largest absolute Gasteiger partial charge is 0.423 e. The van der Waals surface area contributed by atoms with Crippen LogP contribution in [0.3, 0.4) is 0 Å². The Kier molecular flexibility index (Phi) is 4.52. The number of ether oxygens (including phenoxy) is 1. The zero-order valence-corrected chi connectivity index (χ0v) is 14.8. The molecule has 0 heterocycles. The number of rotatable bonds is 4. The molecule has 2 aromatic carbocycles. The number of halogens is 1. The van der Waals surface area contributed by atoms with E-state index in [9.17, 15) is 17.6 Å². The lowest BCUT2D eigenvalue weighted by atomic mass is 9.99. The maximum Gasteiger partial charge on any atom is 0.343 e. The Morgan fingerprint density at radius 3 is 2.46 bits per heavy atom. The molecule has 7 heteroatoms. The minimum atomic E-state index is -3.82. The number of allylic oxidation sites excluding steroid dienone is 1. The lowest BCUT2D eigenvalue weighted by molar-refractivity contribution is -0.129. The van der Waals surface area contributed by atoms with E-state index in [1.165, 1.54) is 36.4 Å². The van der Waals surface area contributed by atoms with Crippen LogP contribution in [-0.2, 0) is 21.2 Å². The zero-order valence-electron chi connectivity index (χ0n) is 14.0. The quantitative estimate of drug-likeness (QED) is 0.507. The first kappa shape index (κ1) is 18.0. The van der Waals surface area contributed by atoms with Crippen molar-refractivity contribution < 1.29 is 22.3 Å². The molecule has 0 atom stereocenters. The summed E-state index contributed by atoms with van der Waals surface area (Å²) in [6.45, 7) is 5.65.